The van der Waals surface area contributed by atoms with Crippen molar-refractivity contribution in [3.63, 3.8) is 0 Å². The number of halogens is 1. The standard InChI is InChI=1S/C22H22ClN3O3/c1-4-29-22(28)19-10-9-18(12-20(19)23)24-21(27)17-7-5-16(6-8-17)13-26-15(3)11-14(2)25-26/h5-12H,4,13H2,1-3H3,(H,24,27). The first kappa shape index (κ1) is 20.6. The predicted molar refractivity (Wildman–Crippen MR) is 113 cm³/mol. The van der Waals surface area contributed by atoms with Crippen molar-refractivity contribution < 1.29 is 14.3 Å². The molecule has 1 amide bonds. The quantitative estimate of drug-likeness (QED) is 0.600. The molecule has 0 atom stereocenters. The van der Waals surface area contributed by atoms with Gasteiger partial charge in [-0.25, -0.2) is 4.79 Å². The molecule has 1 heterocycles. The third-order valence-corrected chi connectivity index (χ3v) is 4.69. The van der Waals surface area contributed by atoms with Crippen LogP contribution in [0.2, 0.25) is 5.02 Å². The van der Waals surface area contributed by atoms with Crippen molar-refractivity contribution >= 4 is 29.2 Å². The Morgan fingerprint density at radius 3 is 2.41 bits per heavy atom. The van der Waals surface area contributed by atoms with Gasteiger partial charge < -0.3 is 10.1 Å². The molecule has 1 N–H and O–H groups in total. The van der Waals surface area contributed by atoms with E-state index in [-0.39, 0.29) is 23.1 Å². The number of amides is 1. The number of carbonyl (C=O) groups is 2. The maximum Gasteiger partial charge on any atom is 0.339 e. The summed E-state index contributed by atoms with van der Waals surface area (Å²) in [5.74, 6) is -0.754. The zero-order valence-corrected chi connectivity index (χ0v) is 17.3. The van der Waals surface area contributed by atoms with Crippen molar-refractivity contribution in [3.05, 3.63) is 81.6 Å². The Morgan fingerprint density at radius 2 is 1.83 bits per heavy atom. The van der Waals surface area contributed by atoms with Gasteiger partial charge in [0.15, 0.2) is 0 Å². The number of rotatable bonds is 6. The number of esters is 1. The van der Waals surface area contributed by atoms with Gasteiger partial charge in [-0.15, -0.1) is 0 Å². The van der Waals surface area contributed by atoms with Gasteiger partial charge in [-0.05, 0) is 62.7 Å². The largest absolute Gasteiger partial charge is 0.462 e. The van der Waals surface area contributed by atoms with Crippen LogP contribution in [0, 0.1) is 13.8 Å². The number of aryl methyl sites for hydroxylation is 2. The van der Waals surface area contributed by atoms with Crippen LogP contribution in [0.25, 0.3) is 0 Å². The lowest BCUT2D eigenvalue weighted by Crippen LogP contribution is -2.13. The third kappa shape index (κ3) is 5.03. The van der Waals surface area contributed by atoms with Gasteiger partial charge in [0.25, 0.3) is 5.91 Å². The van der Waals surface area contributed by atoms with Crippen molar-refractivity contribution in [1.82, 2.24) is 9.78 Å². The van der Waals surface area contributed by atoms with Gasteiger partial charge >= 0.3 is 5.97 Å². The number of ether oxygens (including phenoxy) is 1. The van der Waals surface area contributed by atoms with Crippen LogP contribution in [-0.4, -0.2) is 28.3 Å². The average Bonchev–Trinajstić information content (AvgIpc) is 2.99. The fourth-order valence-corrected chi connectivity index (χ4v) is 3.20. The predicted octanol–water partition coefficient (Wildman–Crippen LogP) is 4.63. The lowest BCUT2D eigenvalue weighted by atomic mass is 10.1. The molecule has 2 aromatic carbocycles. The van der Waals surface area contributed by atoms with Crippen LogP contribution in [0.5, 0.6) is 0 Å². The van der Waals surface area contributed by atoms with E-state index in [1.807, 2.05) is 36.7 Å². The molecule has 0 saturated heterocycles. The summed E-state index contributed by atoms with van der Waals surface area (Å²) in [6, 6.07) is 14.1. The first-order chi connectivity index (χ1) is 13.9. The molecule has 29 heavy (non-hydrogen) atoms. The van der Waals surface area contributed by atoms with Crippen LogP contribution in [0.1, 0.15) is 44.6 Å². The highest BCUT2D eigenvalue weighted by Gasteiger charge is 2.13. The summed E-state index contributed by atoms with van der Waals surface area (Å²) in [5.41, 5.74) is 4.40. The molecule has 0 aliphatic rings. The number of hydrogen-bond acceptors (Lipinski definition) is 4. The molecule has 0 spiro atoms. The van der Waals surface area contributed by atoms with Gasteiger partial charge in [-0.1, -0.05) is 23.7 Å². The summed E-state index contributed by atoms with van der Waals surface area (Å²) in [6.07, 6.45) is 0. The molecule has 3 aromatic rings. The van der Waals surface area contributed by atoms with E-state index in [0.29, 0.717) is 17.8 Å². The van der Waals surface area contributed by atoms with E-state index >= 15 is 0 Å². The fraction of sp³-hybridized carbons (Fsp3) is 0.227. The number of aromatic nitrogens is 2. The molecule has 0 bridgehead atoms. The maximum absolute atomic E-state index is 12.5. The Bertz CT molecular complexity index is 1040. The SMILES string of the molecule is CCOC(=O)c1ccc(NC(=O)c2ccc(Cn3nc(C)cc3C)cc2)cc1Cl. The number of hydrogen-bond donors (Lipinski definition) is 1. The van der Waals surface area contributed by atoms with E-state index in [4.69, 9.17) is 16.3 Å². The highest BCUT2D eigenvalue weighted by molar-refractivity contribution is 6.34. The normalized spacial score (nSPS) is 10.6. The first-order valence-corrected chi connectivity index (χ1v) is 9.63. The fourth-order valence-electron chi connectivity index (χ4n) is 2.94. The van der Waals surface area contributed by atoms with Crippen molar-refractivity contribution in [2.45, 2.75) is 27.3 Å². The molecule has 0 aliphatic heterocycles. The monoisotopic (exact) mass is 411 g/mol. The lowest BCUT2D eigenvalue weighted by molar-refractivity contribution is 0.0526. The molecule has 7 heteroatoms. The third-order valence-electron chi connectivity index (χ3n) is 4.37. The van der Waals surface area contributed by atoms with E-state index in [9.17, 15) is 9.59 Å². The van der Waals surface area contributed by atoms with Crippen LogP contribution >= 0.6 is 11.6 Å². The van der Waals surface area contributed by atoms with Gasteiger partial charge in [0.1, 0.15) is 0 Å². The minimum Gasteiger partial charge on any atom is -0.462 e. The van der Waals surface area contributed by atoms with Crippen molar-refractivity contribution in [3.8, 4) is 0 Å². The zero-order valence-electron chi connectivity index (χ0n) is 16.5. The van der Waals surface area contributed by atoms with Gasteiger partial charge in [0, 0.05) is 16.9 Å². The summed E-state index contributed by atoms with van der Waals surface area (Å²) < 4.78 is 6.87. The van der Waals surface area contributed by atoms with E-state index in [1.165, 1.54) is 12.1 Å². The number of anilines is 1. The molecule has 0 unspecified atom stereocenters. The van der Waals surface area contributed by atoms with Crippen LogP contribution in [0.4, 0.5) is 5.69 Å². The van der Waals surface area contributed by atoms with Crippen molar-refractivity contribution in [2.24, 2.45) is 0 Å². The summed E-state index contributed by atoms with van der Waals surface area (Å²) in [7, 11) is 0. The van der Waals surface area contributed by atoms with Gasteiger partial charge in [0.2, 0.25) is 0 Å². The molecule has 1 aromatic heterocycles. The summed E-state index contributed by atoms with van der Waals surface area (Å²) in [6.45, 7) is 6.61. The first-order valence-electron chi connectivity index (χ1n) is 9.25. The molecule has 3 rings (SSSR count). The highest BCUT2D eigenvalue weighted by Crippen LogP contribution is 2.22. The number of nitrogens with one attached hydrogen (secondary N) is 1. The number of nitrogens with zero attached hydrogens (tertiary/aromatic N) is 2. The van der Waals surface area contributed by atoms with Gasteiger partial charge in [-0.2, -0.15) is 5.10 Å². The number of benzene rings is 2. The minimum absolute atomic E-state index is 0.224. The highest BCUT2D eigenvalue weighted by atomic mass is 35.5. The smallest absolute Gasteiger partial charge is 0.339 e. The van der Waals surface area contributed by atoms with Crippen molar-refractivity contribution in [1.29, 1.82) is 0 Å². The van der Waals surface area contributed by atoms with E-state index in [1.54, 1.807) is 25.1 Å². The van der Waals surface area contributed by atoms with Crippen LogP contribution in [-0.2, 0) is 11.3 Å². The second kappa shape index (κ2) is 8.92. The molecule has 0 radical (unpaired) electrons. The second-order valence-corrected chi connectivity index (χ2v) is 7.06. The molecule has 150 valence electrons. The Morgan fingerprint density at radius 1 is 1.10 bits per heavy atom. The molecular formula is C22H22ClN3O3. The lowest BCUT2D eigenvalue weighted by Gasteiger charge is -2.09. The molecular weight excluding hydrogens is 390 g/mol. The Hall–Kier alpha value is -3.12. The van der Waals surface area contributed by atoms with E-state index < -0.39 is 5.97 Å². The Labute approximate surface area is 174 Å². The zero-order chi connectivity index (χ0) is 21.0. The summed E-state index contributed by atoms with van der Waals surface area (Å²) >= 11 is 6.14. The van der Waals surface area contributed by atoms with E-state index in [0.717, 1.165) is 17.0 Å². The Balaban J connectivity index is 1.67. The molecule has 0 aliphatic carbocycles. The molecule has 0 fully saturated rings. The maximum atomic E-state index is 12.5. The minimum atomic E-state index is -0.492. The van der Waals surface area contributed by atoms with Gasteiger partial charge in [-0.3, -0.25) is 9.48 Å². The van der Waals surface area contributed by atoms with Crippen molar-refractivity contribution in [2.75, 3.05) is 11.9 Å². The van der Waals surface area contributed by atoms with Crippen LogP contribution in [0.3, 0.4) is 0 Å². The summed E-state index contributed by atoms with van der Waals surface area (Å²) in [5, 5.41) is 7.46. The molecule has 6 nitrogen and oxygen atoms in total. The molecule has 0 saturated carbocycles. The van der Waals surface area contributed by atoms with Crippen LogP contribution in [0.15, 0.2) is 48.5 Å². The second-order valence-electron chi connectivity index (χ2n) is 6.65. The van der Waals surface area contributed by atoms with Gasteiger partial charge in [0.05, 0.1) is 29.4 Å². The average molecular weight is 412 g/mol. The Kier molecular flexibility index (Phi) is 6.34. The van der Waals surface area contributed by atoms with Crippen LogP contribution < -0.4 is 5.32 Å². The number of carbonyl (C=O) groups excluding carboxylic acids is 2. The van der Waals surface area contributed by atoms with E-state index in [2.05, 4.69) is 10.4 Å². The summed E-state index contributed by atoms with van der Waals surface area (Å²) in [4.78, 5) is 24.3. The topological polar surface area (TPSA) is 73.2 Å².